The third-order valence-electron chi connectivity index (χ3n) is 5.85. The highest BCUT2D eigenvalue weighted by atomic mass is 16.4. The van der Waals surface area contributed by atoms with E-state index in [4.69, 9.17) is 11.5 Å². The fourth-order valence-electron chi connectivity index (χ4n) is 3.96. The van der Waals surface area contributed by atoms with E-state index in [9.17, 15) is 44.1 Å². The van der Waals surface area contributed by atoms with E-state index in [-0.39, 0.29) is 38.0 Å². The van der Waals surface area contributed by atoms with Crippen molar-refractivity contribution in [3.63, 3.8) is 0 Å². The van der Waals surface area contributed by atoms with Gasteiger partial charge in [-0.3, -0.25) is 24.0 Å². The van der Waals surface area contributed by atoms with Crippen molar-refractivity contribution in [2.24, 2.45) is 11.5 Å². The van der Waals surface area contributed by atoms with E-state index in [2.05, 4.69) is 10.6 Å². The lowest BCUT2D eigenvalue weighted by Gasteiger charge is -2.28. The summed E-state index contributed by atoms with van der Waals surface area (Å²) in [7, 11) is 0. The third-order valence-corrected chi connectivity index (χ3v) is 5.85. The molecule has 9 N–H and O–H groups in total. The molecule has 4 amide bonds. The fraction of sp³-hybridized carbons (Fsp3) is 0.478. The topological polar surface area (TPSA) is 242 Å². The van der Waals surface area contributed by atoms with Crippen LogP contribution < -0.4 is 22.1 Å². The molecule has 1 aliphatic heterocycles. The van der Waals surface area contributed by atoms with Crippen LogP contribution in [0.5, 0.6) is 5.75 Å². The number of aliphatic carboxylic acids is 2. The van der Waals surface area contributed by atoms with Crippen LogP contribution >= 0.6 is 0 Å². The second-order valence-corrected chi connectivity index (χ2v) is 8.73. The Balaban J connectivity index is 2.08. The number of aromatic hydroxyl groups is 1. The predicted molar refractivity (Wildman–Crippen MR) is 127 cm³/mol. The van der Waals surface area contributed by atoms with Crippen molar-refractivity contribution < 1.29 is 44.1 Å². The molecule has 4 atom stereocenters. The molecular weight excluding hydrogens is 490 g/mol. The molecular formula is C23H31N5O9. The molecule has 1 aliphatic rings. The van der Waals surface area contributed by atoms with E-state index in [0.717, 1.165) is 0 Å². The van der Waals surface area contributed by atoms with Crippen LogP contribution in [0.25, 0.3) is 0 Å². The number of nitrogens with zero attached hydrogens (tertiary/aromatic N) is 1. The molecule has 0 aromatic heterocycles. The van der Waals surface area contributed by atoms with Gasteiger partial charge in [-0.25, -0.2) is 4.79 Å². The number of carbonyl (C=O) groups is 6. The number of phenolic OH excluding ortho intramolecular Hbond substituents is 1. The molecule has 1 heterocycles. The summed E-state index contributed by atoms with van der Waals surface area (Å²) in [6.45, 7) is 0.226. The predicted octanol–water partition coefficient (Wildman–Crippen LogP) is -1.95. The van der Waals surface area contributed by atoms with Gasteiger partial charge in [-0.15, -0.1) is 0 Å². The van der Waals surface area contributed by atoms with Gasteiger partial charge in [0.2, 0.25) is 23.6 Å². The zero-order chi connectivity index (χ0) is 27.7. The molecule has 0 saturated carbocycles. The lowest BCUT2D eigenvalue weighted by Crippen LogP contribution is -2.57. The summed E-state index contributed by atoms with van der Waals surface area (Å²) in [6.07, 6.45) is -0.637. The molecule has 0 spiro atoms. The van der Waals surface area contributed by atoms with Gasteiger partial charge in [-0.2, -0.15) is 0 Å². The first-order chi connectivity index (χ1) is 17.4. The monoisotopic (exact) mass is 521 g/mol. The first kappa shape index (κ1) is 29.0. The van der Waals surface area contributed by atoms with Crippen molar-refractivity contribution in [2.45, 2.75) is 62.7 Å². The number of carboxylic acids is 2. The number of carboxylic acid groups (broad SMARTS) is 2. The first-order valence-electron chi connectivity index (χ1n) is 11.6. The summed E-state index contributed by atoms with van der Waals surface area (Å²) in [5, 5.41) is 32.3. The van der Waals surface area contributed by atoms with Crippen LogP contribution in [0.15, 0.2) is 24.3 Å². The largest absolute Gasteiger partial charge is 0.508 e. The lowest BCUT2D eigenvalue weighted by atomic mass is 10.0. The molecule has 202 valence electrons. The number of likely N-dealkylation sites (tertiary alicyclic amines) is 1. The van der Waals surface area contributed by atoms with Gasteiger partial charge < -0.3 is 42.3 Å². The average molecular weight is 522 g/mol. The number of primary amides is 1. The van der Waals surface area contributed by atoms with Gasteiger partial charge in [0.15, 0.2) is 0 Å². The maximum absolute atomic E-state index is 13.0. The second-order valence-electron chi connectivity index (χ2n) is 8.73. The Labute approximate surface area is 212 Å². The number of nitrogens with one attached hydrogen (secondary N) is 2. The van der Waals surface area contributed by atoms with E-state index in [1.54, 1.807) is 12.1 Å². The number of rotatable bonds is 13. The number of amides is 4. The minimum atomic E-state index is -1.64. The van der Waals surface area contributed by atoms with Gasteiger partial charge in [0, 0.05) is 13.0 Å². The molecule has 14 heteroatoms. The Kier molecular flexibility index (Phi) is 10.4. The number of nitrogens with two attached hydrogens (primary N) is 2. The summed E-state index contributed by atoms with van der Waals surface area (Å²) in [5.41, 5.74) is 11.8. The SMILES string of the molecule is NC(=O)CCC(NC(=O)C(CC(=O)O)NC(=O)C1CCCN1C(=O)C(N)Cc1ccc(O)cc1)C(=O)O. The molecule has 1 saturated heterocycles. The number of phenols is 1. The zero-order valence-corrected chi connectivity index (χ0v) is 20.0. The summed E-state index contributed by atoms with van der Waals surface area (Å²) >= 11 is 0. The smallest absolute Gasteiger partial charge is 0.326 e. The summed E-state index contributed by atoms with van der Waals surface area (Å²) < 4.78 is 0. The van der Waals surface area contributed by atoms with Crippen molar-refractivity contribution in [3.05, 3.63) is 29.8 Å². The average Bonchev–Trinajstić information content (AvgIpc) is 3.31. The summed E-state index contributed by atoms with van der Waals surface area (Å²) in [4.78, 5) is 73.6. The Hall–Kier alpha value is -4.20. The number of hydrogen-bond acceptors (Lipinski definition) is 8. The van der Waals surface area contributed by atoms with E-state index < -0.39 is 66.2 Å². The molecule has 4 unspecified atom stereocenters. The maximum Gasteiger partial charge on any atom is 0.326 e. The van der Waals surface area contributed by atoms with E-state index in [1.165, 1.54) is 17.0 Å². The van der Waals surface area contributed by atoms with E-state index in [0.29, 0.717) is 12.0 Å². The minimum Gasteiger partial charge on any atom is -0.508 e. The van der Waals surface area contributed by atoms with Crippen LogP contribution in [0.4, 0.5) is 0 Å². The third kappa shape index (κ3) is 8.75. The Bertz CT molecular complexity index is 1030. The van der Waals surface area contributed by atoms with Crippen molar-refractivity contribution in [1.82, 2.24) is 15.5 Å². The Morgan fingerprint density at radius 3 is 2.24 bits per heavy atom. The van der Waals surface area contributed by atoms with E-state index >= 15 is 0 Å². The molecule has 0 aliphatic carbocycles. The maximum atomic E-state index is 13.0. The standard InChI is InChI=1S/C23H31N5O9/c24-14(10-12-3-5-13(29)6-4-12)22(35)28-9-1-2-17(28)21(34)27-16(11-19(31)32)20(33)26-15(23(36)37)7-8-18(25)30/h3-6,14-17,29H,1-2,7-11,24H2,(H2,25,30)(H,26,33)(H,27,34)(H,31,32)(H,36,37). The molecule has 2 rings (SSSR count). The van der Waals surface area contributed by atoms with Gasteiger partial charge in [-0.05, 0) is 43.4 Å². The normalized spacial score (nSPS) is 17.3. The van der Waals surface area contributed by atoms with Gasteiger partial charge in [0.25, 0.3) is 0 Å². The molecule has 0 bridgehead atoms. The summed E-state index contributed by atoms with van der Waals surface area (Å²) in [6, 6.07) is 0.966. The Morgan fingerprint density at radius 2 is 1.68 bits per heavy atom. The molecule has 37 heavy (non-hydrogen) atoms. The van der Waals surface area contributed by atoms with Gasteiger partial charge in [-0.1, -0.05) is 12.1 Å². The molecule has 1 fully saturated rings. The van der Waals surface area contributed by atoms with Crippen molar-refractivity contribution in [3.8, 4) is 5.75 Å². The quantitative estimate of drug-likeness (QED) is 0.151. The zero-order valence-electron chi connectivity index (χ0n) is 20.0. The highest BCUT2D eigenvalue weighted by Gasteiger charge is 2.38. The van der Waals surface area contributed by atoms with Crippen LogP contribution in [0.2, 0.25) is 0 Å². The van der Waals surface area contributed by atoms with Crippen molar-refractivity contribution in [2.75, 3.05) is 6.54 Å². The van der Waals surface area contributed by atoms with Gasteiger partial charge >= 0.3 is 11.9 Å². The van der Waals surface area contributed by atoms with Crippen LogP contribution in [0.1, 0.15) is 37.7 Å². The minimum absolute atomic E-state index is 0.0578. The van der Waals surface area contributed by atoms with Gasteiger partial charge in [0.05, 0.1) is 12.5 Å². The molecule has 14 nitrogen and oxygen atoms in total. The fourth-order valence-corrected chi connectivity index (χ4v) is 3.96. The van der Waals surface area contributed by atoms with Crippen LogP contribution in [0, 0.1) is 0 Å². The number of benzene rings is 1. The molecule has 1 aromatic rings. The number of carbonyl (C=O) groups excluding carboxylic acids is 4. The van der Waals surface area contributed by atoms with Crippen molar-refractivity contribution >= 4 is 35.6 Å². The van der Waals surface area contributed by atoms with Crippen LogP contribution in [-0.4, -0.2) is 86.5 Å². The van der Waals surface area contributed by atoms with E-state index in [1.807, 2.05) is 0 Å². The van der Waals surface area contributed by atoms with Crippen LogP contribution in [0.3, 0.4) is 0 Å². The second kappa shape index (κ2) is 13.2. The summed E-state index contributed by atoms with van der Waals surface area (Å²) in [5.74, 6) is -6.00. The first-order valence-corrected chi connectivity index (χ1v) is 11.6. The lowest BCUT2D eigenvalue weighted by molar-refractivity contribution is -0.144. The van der Waals surface area contributed by atoms with Crippen LogP contribution in [-0.2, 0) is 35.2 Å². The molecule has 1 aromatic carbocycles. The Morgan fingerprint density at radius 1 is 1.03 bits per heavy atom. The molecule has 0 radical (unpaired) electrons. The highest BCUT2D eigenvalue weighted by molar-refractivity contribution is 5.96. The highest BCUT2D eigenvalue weighted by Crippen LogP contribution is 2.20. The number of hydrogen-bond donors (Lipinski definition) is 7. The van der Waals surface area contributed by atoms with Crippen molar-refractivity contribution in [1.29, 1.82) is 0 Å². The van der Waals surface area contributed by atoms with Gasteiger partial charge in [0.1, 0.15) is 23.9 Å².